The van der Waals surface area contributed by atoms with E-state index in [1.807, 2.05) is 0 Å². The molecular weight excluding hydrogens is 222 g/mol. The van der Waals surface area contributed by atoms with Gasteiger partial charge in [-0.3, -0.25) is 4.79 Å². The fourth-order valence-corrected chi connectivity index (χ4v) is 2.26. The van der Waals surface area contributed by atoms with Crippen LogP contribution < -0.4 is 5.11 Å². The van der Waals surface area contributed by atoms with E-state index in [0.717, 1.165) is 0 Å². The molecule has 96 valence electrons. The van der Waals surface area contributed by atoms with Crippen LogP contribution in [0.3, 0.4) is 0 Å². The minimum absolute atomic E-state index is 0.139. The minimum Gasteiger partial charge on any atom is -0.530 e. The predicted octanol–water partition coefficient (Wildman–Crippen LogP) is 0.551. The lowest BCUT2D eigenvalue weighted by Gasteiger charge is -2.41. The van der Waals surface area contributed by atoms with E-state index in [9.17, 15) is 14.7 Å². The molecule has 1 rings (SSSR count). The summed E-state index contributed by atoms with van der Waals surface area (Å²) >= 11 is 0. The predicted molar refractivity (Wildman–Crippen MR) is 60.1 cm³/mol. The van der Waals surface area contributed by atoms with Gasteiger partial charge in [-0.05, 0) is 26.2 Å². The Bertz CT molecular complexity index is 316. The van der Waals surface area contributed by atoms with Gasteiger partial charge in [0.2, 0.25) is 0 Å². The normalized spacial score (nSPS) is 24.2. The molecule has 1 amide bonds. The standard InChI is InChI=1S/C12H19NO4/c1-3-6-12(10(14)17-4-2)7-5-8-13(9-12)11(15)16/h3H,1,4-9H2,2H3,(H,15,16)/p-1. The fraction of sp³-hybridized carbons (Fsp3) is 0.667. The lowest BCUT2D eigenvalue weighted by atomic mass is 9.77. The Kier molecular flexibility index (Phi) is 4.54. The molecule has 0 bridgehead atoms. The maximum Gasteiger partial charge on any atom is 0.314 e. The summed E-state index contributed by atoms with van der Waals surface area (Å²) in [4.78, 5) is 24.0. The zero-order chi connectivity index (χ0) is 12.9. The summed E-state index contributed by atoms with van der Waals surface area (Å²) in [6.07, 6.45) is 2.09. The molecule has 0 aromatic carbocycles. The van der Waals surface area contributed by atoms with E-state index >= 15 is 0 Å². The number of esters is 1. The number of hydrogen-bond donors (Lipinski definition) is 0. The van der Waals surface area contributed by atoms with E-state index in [1.165, 1.54) is 4.90 Å². The molecular formula is C12H18NO4-. The quantitative estimate of drug-likeness (QED) is 0.531. The highest BCUT2D eigenvalue weighted by Crippen LogP contribution is 2.35. The number of piperidine rings is 1. The summed E-state index contributed by atoms with van der Waals surface area (Å²) in [5, 5.41) is 10.9. The first-order valence-corrected chi connectivity index (χ1v) is 5.80. The summed E-state index contributed by atoms with van der Waals surface area (Å²) in [5.74, 6) is -0.342. The molecule has 1 heterocycles. The zero-order valence-electron chi connectivity index (χ0n) is 10.1. The Morgan fingerprint density at radius 2 is 2.29 bits per heavy atom. The van der Waals surface area contributed by atoms with E-state index in [2.05, 4.69) is 6.58 Å². The van der Waals surface area contributed by atoms with Crippen molar-refractivity contribution in [2.75, 3.05) is 19.7 Å². The number of rotatable bonds is 4. The van der Waals surface area contributed by atoms with Crippen LogP contribution in [-0.4, -0.2) is 36.7 Å². The number of carbonyl (C=O) groups is 2. The van der Waals surface area contributed by atoms with Gasteiger partial charge in [0, 0.05) is 13.1 Å². The van der Waals surface area contributed by atoms with Crippen molar-refractivity contribution >= 4 is 12.1 Å². The first kappa shape index (κ1) is 13.5. The molecule has 1 aliphatic rings. The van der Waals surface area contributed by atoms with Crippen LogP contribution in [0.5, 0.6) is 0 Å². The molecule has 1 fully saturated rings. The SMILES string of the molecule is C=CCC1(C(=O)OCC)CCCN(C(=O)[O-])C1. The van der Waals surface area contributed by atoms with Crippen LogP contribution in [0.2, 0.25) is 0 Å². The van der Waals surface area contributed by atoms with Crippen molar-refractivity contribution in [3.05, 3.63) is 12.7 Å². The van der Waals surface area contributed by atoms with Crippen LogP contribution in [0.4, 0.5) is 4.79 Å². The first-order chi connectivity index (χ1) is 8.05. The molecule has 0 aromatic rings. The molecule has 0 aliphatic carbocycles. The number of allylic oxidation sites excluding steroid dienone is 1. The number of hydrogen-bond acceptors (Lipinski definition) is 4. The van der Waals surface area contributed by atoms with E-state index < -0.39 is 11.5 Å². The van der Waals surface area contributed by atoms with Crippen molar-refractivity contribution in [2.45, 2.75) is 26.2 Å². The van der Waals surface area contributed by atoms with Gasteiger partial charge in [-0.2, -0.15) is 0 Å². The van der Waals surface area contributed by atoms with Crippen molar-refractivity contribution < 1.29 is 19.4 Å². The molecule has 17 heavy (non-hydrogen) atoms. The number of carboxylic acid groups (broad SMARTS) is 1. The van der Waals surface area contributed by atoms with E-state index in [4.69, 9.17) is 4.74 Å². The molecule has 1 aliphatic heterocycles. The molecule has 5 heteroatoms. The van der Waals surface area contributed by atoms with Crippen LogP contribution in [0, 0.1) is 5.41 Å². The average Bonchev–Trinajstić information content (AvgIpc) is 2.30. The van der Waals surface area contributed by atoms with Crippen molar-refractivity contribution in [1.29, 1.82) is 0 Å². The van der Waals surface area contributed by atoms with E-state index in [1.54, 1.807) is 13.0 Å². The largest absolute Gasteiger partial charge is 0.530 e. The number of ether oxygens (including phenoxy) is 1. The fourth-order valence-electron chi connectivity index (χ4n) is 2.26. The summed E-state index contributed by atoms with van der Waals surface area (Å²) in [6, 6.07) is 0. The topological polar surface area (TPSA) is 69.7 Å². The first-order valence-electron chi connectivity index (χ1n) is 5.80. The van der Waals surface area contributed by atoms with Gasteiger partial charge in [0.15, 0.2) is 0 Å². The van der Waals surface area contributed by atoms with Gasteiger partial charge in [-0.15, -0.1) is 6.58 Å². The van der Waals surface area contributed by atoms with Gasteiger partial charge < -0.3 is 19.5 Å². The van der Waals surface area contributed by atoms with Gasteiger partial charge in [0.25, 0.3) is 0 Å². The molecule has 0 saturated carbocycles. The number of likely N-dealkylation sites (tertiary alicyclic amines) is 1. The van der Waals surface area contributed by atoms with Crippen molar-refractivity contribution in [2.24, 2.45) is 5.41 Å². The Labute approximate surface area is 101 Å². The zero-order valence-corrected chi connectivity index (χ0v) is 10.1. The Balaban J connectivity index is 2.86. The number of amides is 1. The van der Waals surface area contributed by atoms with Crippen molar-refractivity contribution in [3.8, 4) is 0 Å². The Hall–Kier alpha value is -1.52. The third-order valence-electron chi connectivity index (χ3n) is 3.08. The second-order valence-electron chi connectivity index (χ2n) is 4.28. The van der Waals surface area contributed by atoms with E-state index in [-0.39, 0.29) is 12.5 Å². The van der Waals surface area contributed by atoms with Gasteiger partial charge in [0.1, 0.15) is 6.09 Å². The highest BCUT2D eigenvalue weighted by atomic mass is 16.5. The van der Waals surface area contributed by atoms with Gasteiger partial charge >= 0.3 is 5.97 Å². The van der Waals surface area contributed by atoms with Crippen molar-refractivity contribution in [1.82, 2.24) is 4.90 Å². The summed E-state index contributed by atoms with van der Waals surface area (Å²) < 4.78 is 5.04. The minimum atomic E-state index is -1.23. The average molecular weight is 240 g/mol. The second kappa shape index (κ2) is 5.70. The maximum atomic E-state index is 12.0. The molecule has 0 N–H and O–H groups in total. The Morgan fingerprint density at radius 1 is 1.59 bits per heavy atom. The molecule has 1 saturated heterocycles. The van der Waals surface area contributed by atoms with Crippen molar-refractivity contribution in [3.63, 3.8) is 0 Å². The molecule has 0 aromatic heterocycles. The van der Waals surface area contributed by atoms with Gasteiger partial charge in [-0.1, -0.05) is 6.08 Å². The summed E-state index contributed by atoms with van der Waals surface area (Å²) in [7, 11) is 0. The van der Waals surface area contributed by atoms with Gasteiger partial charge in [0.05, 0.1) is 12.0 Å². The molecule has 0 spiro atoms. The summed E-state index contributed by atoms with van der Waals surface area (Å²) in [5.41, 5.74) is -0.782. The van der Waals surface area contributed by atoms with Crippen LogP contribution in [-0.2, 0) is 9.53 Å². The monoisotopic (exact) mass is 240 g/mol. The molecule has 1 atom stereocenters. The molecule has 0 radical (unpaired) electrons. The van der Waals surface area contributed by atoms with E-state index in [0.29, 0.717) is 32.4 Å². The van der Waals surface area contributed by atoms with Gasteiger partial charge in [-0.25, -0.2) is 0 Å². The van der Waals surface area contributed by atoms with Crippen LogP contribution in [0.25, 0.3) is 0 Å². The molecule has 1 unspecified atom stereocenters. The number of carbonyl (C=O) groups excluding carboxylic acids is 2. The number of nitrogens with zero attached hydrogens (tertiary/aromatic N) is 1. The molecule has 5 nitrogen and oxygen atoms in total. The lowest BCUT2D eigenvalue weighted by molar-refractivity contribution is -0.268. The summed E-state index contributed by atoms with van der Waals surface area (Å²) in [6.45, 7) is 6.21. The maximum absolute atomic E-state index is 12.0. The smallest absolute Gasteiger partial charge is 0.314 e. The Morgan fingerprint density at radius 3 is 2.82 bits per heavy atom. The van der Waals surface area contributed by atoms with Crippen LogP contribution in [0.15, 0.2) is 12.7 Å². The second-order valence-corrected chi connectivity index (χ2v) is 4.28. The van der Waals surface area contributed by atoms with Crippen LogP contribution >= 0.6 is 0 Å². The van der Waals surface area contributed by atoms with Crippen LogP contribution in [0.1, 0.15) is 26.2 Å². The highest BCUT2D eigenvalue weighted by Gasteiger charge is 2.42. The third-order valence-corrected chi connectivity index (χ3v) is 3.08. The third kappa shape index (κ3) is 2.99. The lowest BCUT2D eigenvalue weighted by Crippen LogP contribution is -2.53. The highest BCUT2D eigenvalue weighted by molar-refractivity contribution is 5.78.